The summed E-state index contributed by atoms with van der Waals surface area (Å²) in [7, 11) is 0. The molecule has 3 rings (SSSR count). The molecular formula is C17H23N5O2. The van der Waals surface area contributed by atoms with Crippen LogP contribution in [0.2, 0.25) is 0 Å². The Morgan fingerprint density at radius 2 is 2.17 bits per heavy atom. The predicted molar refractivity (Wildman–Crippen MR) is 90.8 cm³/mol. The van der Waals surface area contributed by atoms with Crippen LogP contribution in [0.4, 0.5) is 5.69 Å². The lowest BCUT2D eigenvalue weighted by atomic mass is 10.1. The molecule has 0 fully saturated rings. The van der Waals surface area contributed by atoms with Gasteiger partial charge in [-0.25, -0.2) is 0 Å². The first-order chi connectivity index (χ1) is 11.6. The van der Waals surface area contributed by atoms with Crippen LogP contribution in [0.5, 0.6) is 0 Å². The summed E-state index contributed by atoms with van der Waals surface area (Å²) in [5.74, 6) is 2.14. The Morgan fingerprint density at radius 3 is 3.00 bits per heavy atom. The number of hydrogen-bond donors (Lipinski definition) is 1. The van der Waals surface area contributed by atoms with Gasteiger partial charge in [0.15, 0.2) is 0 Å². The van der Waals surface area contributed by atoms with Gasteiger partial charge in [0.2, 0.25) is 0 Å². The Bertz CT molecular complexity index is 726. The zero-order chi connectivity index (χ0) is 16.9. The number of hydrogen-bond acceptors (Lipinski definition) is 5. The number of benzene rings is 1. The van der Waals surface area contributed by atoms with Gasteiger partial charge in [-0.1, -0.05) is 18.6 Å². The van der Waals surface area contributed by atoms with E-state index in [0.717, 1.165) is 43.1 Å². The minimum absolute atomic E-state index is 0.178. The minimum atomic E-state index is -0.329. The van der Waals surface area contributed by atoms with Crippen LogP contribution < -0.4 is 5.32 Å². The SMILES string of the molecule is Cc1ccc(CNCCc2nnc3n2CCCCC3)cc1[N+](=O)[O-]. The average molecular weight is 329 g/mol. The number of nitrogens with zero attached hydrogens (tertiary/aromatic N) is 4. The van der Waals surface area contributed by atoms with Crippen LogP contribution >= 0.6 is 0 Å². The van der Waals surface area contributed by atoms with Crippen molar-refractivity contribution in [1.29, 1.82) is 0 Å². The molecule has 24 heavy (non-hydrogen) atoms. The fourth-order valence-corrected chi connectivity index (χ4v) is 3.12. The van der Waals surface area contributed by atoms with Crippen molar-refractivity contribution in [3.8, 4) is 0 Å². The van der Waals surface area contributed by atoms with E-state index in [4.69, 9.17) is 0 Å². The van der Waals surface area contributed by atoms with Crippen molar-refractivity contribution < 1.29 is 4.92 Å². The summed E-state index contributed by atoms with van der Waals surface area (Å²) in [6, 6.07) is 5.37. The van der Waals surface area contributed by atoms with Crippen LogP contribution in [0, 0.1) is 17.0 Å². The molecule has 128 valence electrons. The van der Waals surface area contributed by atoms with Crippen molar-refractivity contribution >= 4 is 5.69 Å². The Balaban J connectivity index is 1.54. The number of nitrogens with one attached hydrogen (secondary N) is 1. The van der Waals surface area contributed by atoms with E-state index in [-0.39, 0.29) is 10.6 Å². The largest absolute Gasteiger partial charge is 0.315 e. The van der Waals surface area contributed by atoms with E-state index in [1.165, 1.54) is 19.3 Å². The molecule has 1 aliphatic heterocycles. The lowest BCUT2D eigenvalue weighted by Gasteiger charge is -2.08. The maximum atomic E-state index is 11.0. The van der Waals surface area contributed by atoms with E-state index in [0.29, 0.717) is 12.1 Å². The molecule has 0 unspecified atom stereocenters. The topological polar surface area (TPSA) is 85.9 Å². The molecule has 2 aromatic rings. The molecular weight excluding hydrogens is 306 g/mol. The summed E-state index contributed by atoms with van der Waals surface area (Å²) in [4.78, 5) is 10.7. The summed E-state index contributed by atoms with van der Waals surface area (Å²) >= 11 is 0. The van der Waals surface area contributed by atoms with Crippen LogP contribution in [0.15, 0.2) is 18.2 Å². The highest BCUT2D eigenvalue weighted by Gasteiger charge is 2.14. The van der Waals surface area contributed by atoms with Crippen molar-refractivity contribution in [2.45, 2.75) is 52.1 Å². The maximum Gasteiger partial charge on any atom is 0.272 e. The van der Waals surface area contributed by atoms with Gasteiger partial charge in [-0.2, -0.15) is 0 Å². The molecule has 7 nitrogen and oxygen atoms in total. The number of nitro benzene ring substituents is 1. The number of aryl methyl sites for hydroxylation is 2. The van der Waals surface area contributed by atoms with Crippen LogP contribution in [-0.4, -0.2) is 26.2 Å². The number of nitro groups is 1. The highest BCUT2D eigenvalue weighted by atomic mass is 16.6. The van der Waals surface area contributed by atoms with E-state index in [2.05, 4.69) is 20.1 Å². The van der Waals surface area contributed by atoms with Crippen molar-refractivity contribution in [2.75, 3.05) is 6.54 Å². The zero-order valence-corrected chi connectivity index (χ0v) is 14.0. The molecule has 0 aliphatic carbocycles. The second-order valence-corrected chi connectivity index (χ2v) is 6.30. The Labute approximate surface area is 141 Å². The first-order valence-corrected chi connectivity index (χ1v) is 8.51. The van der Waals surface area contributed by atoms with Crippen molar-refractivity contribution in [3.63, 3.8) is 0 Å². The highest BCUT2D eigenvalue weighted by Crippen LogP contribution is 2.19. The van der Waals surface area contributed by atoms with Gasteiger partial charge >= 0.3 is 0 Å². The molecule has 0 spiro atoms. The number of aromatic nitrogens is 3. The lowest BCUT2D eigenvalue weighted by Crippen LogP contribution is -2.19. The van der Waals surface area contributed by atoms with Gasteiger partial charge < -0.3 is 9.88 Å². The molecule has 7 heteroatoms. The summed E-state index contributed by atoms with van der Waals surface area (Å²) in [5, 5.41) is 23.0. The molecule has 0 amide bonds. The third-order valence-electron chi connectivity index (χ3n) is 4.51. The Hall–Kier alpha value is -2.28. The number of rotatable bonds is 6. The maximum absolute atomic E-state index is 11.0. The van der Waals surface area contributed by atoms with Crippen molar-refractivity contribution in [1.82, 2.24) is 20.1 Å². The summed E-state index contributed by atoms with van der Waals surface area (Å²) < 4.78 is 2.26. The highest BCUT2D eigenvalue weighted by molar-refractivity contribution is 5.42. The Morgan fingerprint density at radius 1 is 1.29 bits per heavy atom. The smallest absolute Gasteiger partial charge is 0.272 e. The van der Waals surface area contributed by atoms with E-state index in [9.17, 15) is 10.1 Å². The molecule has 1 aromatic heterocycles. The van der Waals surface area contributed by atoms with E-state index >= 15 is 0 Å². The fraction of sp³-hybridized carbons (Fsp3) is 0.529. The standard InChI is InChI=1S/C17H23N5O2/c1-13-6-7-14(11-15(13)22(23)24)12-18-9-8-17-20-19-16-5-3-2-4-10-21(16)17/h6-7,11,18H,2-5,8-10,12H2,1H3. The fourth-order valence-electron chi connectivity index (χ4n) is 3.12. The molecule has 0 saturated heterocycles. The second-order valence-electron chi connectivity index (χ2n) is 6.30. The zero-order valence-electron chi connectivity index (χ0n) is 14.0. The van der Waals surface area contributed by atoms with Gasteiger partial charge in [0.1, 0.15) is 11.6 Å². The monoisotopic (exact) mass is 329 g/mol. The molecule has 1 aromatic carbocycles. The minimum Gasteiger partial charge on any atom is -0.315 e. The van der Waals surface area contributed by atoms with Crippen molar-refractivity contribution in [3.05, 3.63) is 51.1 Å². The third kappa shape index (κ3) is 3.79. The van der Waals surface area contributed by atoms with Gasteiger partial charge in [-0.15, -0.1) is 10.2 Å². The normalized spacial score (nSPS) is 14.2. The van der Waals surface area contributed by atoms with E-state index < -0.39 is 0 Å². The summed E-state index contributed by atoms with van der Waals surface area (Å²) in [6.45, 7) is 4.16. The first-order valence-electron chi connectivity index (χ1n) is 8.51. The van der Waals surface area contributed by atoms with Gasteiger partial charge in [-0.05, 0) is 25.3 Å². The molecule has 0 atom stereocenters. The molecule has 0 saturated carbocycles. The van der Waals surface area contributed by atoms with Gasteiger partial charge in [0.05, 0.1) is 4.92 Å². The average Bonchev–Trinajstić information content (AvgIpc) is 2.79. The van der Waals surface area contributed by atoms with Crippen LogP contribution in [0.3, 0.4) is 0 Å². The lowest BCUT2D eigenvalue weighted by molar-refractivity contribution is -0.385. The molecule has 1 aliphatic rings. The van der Waals surface area contributed by atoms with Gasteiger partial charge in [0, 0.05) is 44.1 Å². The van der Waals surface area contributed by atoms with E-state index in [1.807, 2.05) is 6.07 Å². The van der Waals surface area contributed by atoms with Crippen molar-refractivity contribution in [2.24, 2.45) is 0 Å². The first kappa shape index (κ1) is 16.6. The van der Waals surface area contributed by atoms with Crippen LogP contribution in [0.25, 0.3) is 0 Å². The molecule has 1 N–H and O–H groups in total. The second kappa shape index (κ2) is 7.53. The number of fused-ring (bicyclic) bond motifs is 1. The van der Waals surface area contributed by atoms with Gasteiger partial charge in [-0.3, -0.25) is 10.1 Å². The molecule has 0 radical (unpaired) electrons. The Kier molecular flexibility index (Phi) is 5.20. The molecule has 0 bridgehead atoms. The van der Waals surface area contributed by atoms with Gasteiger partial charge in [0.25, 0.3) is 5.69 Å². The summed E-state index contributed by atoms with van der Waals surface area (Å²) in [6.07, 6.45) is 5.49. The van der Waals surface area contributed by atoms with E-state index in [1.54, 1.807) is 19.1 Å². The predicted octanol–water partition coefficient (Wildman–Crippen LogP) is 2.55. The van der Waals surface area contributed by atoms with Crippen LogP contribution in [-0.2, 0) is 25.9 Å². The quantitative estimate of drug-likeness (QED) is 0.500. The molecule has 2 heterocycles. The third-order valence-corrected chi connectivity index (χ3v) is 4.51. The van der Waals surface area contributed by atoms with Crippen LogP contribution in [0.1, 0.15) is 42.0 Å². The summed E-state index contributed by atoms with van der Waals surface area (Å²) in [5.41, 5.74) is 1.79.